The molecule has 8 heteroatoms. The molecule has 0 spiro atoms. The summed E-state index contributed by atoms with van der Waals surface area (Å²) in [5, 5.41) is 11.3. The standard InChI is InChI=1S/C22H23FN4O2S/c1-4-14-27-20(18-8-6-7-9-19(18)23)25-26-22(27)30-15(3)21(28)24-16-10-12-17(13-11-16)29-5-2/h4,6-13,15H,1,5,14H2,2-3H3,(H,24,28). The van der Waals surface area contributed by atoms with Crippen LogP contribution in [-0.4, -0.2) is 32.5 Å². The highest BCUT2D eigenvalue weighted by Crippen LogP contribution is 2.29. The third-order valence-corrected chi connectivity index (χ3v) is 5.31. The first-order chi connectivity index (χ1) is 14.5. The van der Waals surface area contributed by atoms with Gasteiger partial charge in [-0.3, -0.25) is 9.36 Å². The van der Waals surface area contributed by atoms with Crippen molar-refractivity contribution in [1.29, 1.82) is 0 Å². The summed E-state index contributed by atoms with van der Waals surface area (Å²) in [6.45, 7) is 8.43. The Bertz CT molecular complexity index is 1020. The summed E-state index contributed by atoms with van der Waals surface area (Å²) in [5.74, 6) is 0.587. The number of thioether (sulfide) groups is 1. The Morgan fingerprint density at radius 2 is 2.00 bits per heavy atom. The highest BCUT2D eigenvalue weighted by Gasteiger charge is 2.21. The Balaban J connectivity index is 1.74. The molecule has 2 aromatic carbocycles. The van der Waals surface area contributed by atoms with E-state index in [0.29, 0.717) is 35.4 Å². The lowest BCUT2D eigenvalue weighted by atomic mass is 10.2. The first kappa shape index (κ1) is 21.6. The molecule has 1 atom stereocenters. The van der Waals surface area contributed by atoms with E-state index in [1.165, 1.54) is 17.8 Å². The molecule has 3 rings (SSSR count). The van der Waals surface area contributed by atoms with E-state index in [9.17, 15) is 9.18 Å². The van der Waals surface area contributed by atoms with Crippen molar-refractivity contribution in [3.05, 3.63) is 67.0 Å². The van der Waals surface area contributed by atoms with Gasteiger partial charge in [0.2, 0.25) is 5.91 Å². The number of benzene rings is 2. The summed E-state index contributed by atoms with van der Waals surface area (Å²) in [4.78, 5) is 12.6. The maximum absolute atomic E-state index is 14.2. The summed E-state index contributed by atoms with van der Waals surface area (Å²) < 4.78 is 21.4. The lowest BCUT2D eigenvalue weighted by Crippen LogP contribution is -2.23. The summed E-state index contributed by atoms with van der Waals surface area (Å²) in [6.07, 6.45) is 1.68. The van der Waals surface area contributed by atoms with E-state index < -0.39 is 5.25 Å². The molecule has 1 N–H and O–H groups in total. The van der Waals surface area contributed by atoms with Crippen LogP contribution in [0.3, 0.4) is 0 Å². The number of halogens is 1. The van der Waals surface area contributed by atoms with Gasteiger partial charge in [0.25, 0.3) is 0 Å². The molecular formula is C22H23FN4O2S. The van der Waals surface area contributed by atoms with Gasteiger partial charge in [-0.1, -0.05) is 30.0 Å². The monoisotopic (exact) mass is 426 g/mol. The molecule has 0 aliphatic carbocycles. The van der Waals surface area contributed by atoms with E-state index in [0.717, 1.165) is 5.75 Å². The maximum Gasteiger partial charge on any atom is 0.237 e. The molecule has 0 bridgehead atoms. The van der Waals surface area contributed by atoms with Crippen LogP contribution in [0.2, 0.25) is 0 Å². The zero-order chi connectivity index (χ0) is 21.5. The number of ether oxygens (including phenoxy) is 1. The molecule has 3 aromatic rings. The van der Waals surface area contributed by atoms with Gasteiger partial charge < -0.3 is 10.1 Å². The summed E-state index contributed by atoms with van der Waals surface area (Å²) in [5.41, 5.74) is 1.03. The minimum absolute atomic E-state index is 0.176. The Labute approximate surface area is 179 Å². The molecule has 0 radical (unpaired) electrons. The largest absolute Gasteiger partial charge is 0.494 e. The Morgan fingerprint density at radius 3 is 2.67 bits per heavy atom. The number of hydrogen-bond donors (Lipinski definition) is 1. The average molecular weight is 427 g/mol. The molecule has 1 unspecified atom stereocenters. The van der Waals surface area contributed by atoms with E-state index in [-0.39, 0.29) is 11.7 Å². The fourth-order valence-corrected chi connectivity index (χ4v) is 3.63. The zero-order valence-electron chi connectivity index (χ0n) is 16.8. The van der Waals surface area contributed by atoms with Crippen LogP contribution < -0.4 is 10.1 Å². The second-order valence-corrected chi connectivity index (χ2v) is 7.70. The highest BCUT2D eigenvalue weighted by atomic mass is 32.2. The number of hydrogen-bond acceptors (Lipinski definition) is 5. The van der Waals surface area contributed by atoms with Crippen LogP contribution in [0.5, 0.6) is 5.75 Å². The number of carbonyl (C=O) groups is 1. The van der Waals surface area contributed by atoms with Crippen LogP contribution >= 0.6 is 11.8 Å². The molecule has 156 valence electrons. The smallest absolute Gasteiger partial charge is 0.237 e. The van der Waals surface area contributed by atoms with Gasteiger partial charge in [0.05, 0.1) is 17.4 Å². The Kier molecular flexibility index (Phi) is 7.24. The minimum Gasteiger partial charge on any atom is -0.494 e. The third kappa shape index (κ3) is 5.07. The van der Waals surface area contributed by atoms with Gasteiger partial charge in [-0.2, -0.15) is 0 Å². The van der Waals surface area contributed by atoms with Gasteiger partial charge in [-0.25, -0.2) is 4.39 Å². The molecule has 30 heavy (non-hydrogen) atoms. The molecule has 6 nitrogen and oxygen atoms in total. The molecule has 0 saturated carbocycles. The number of carbonyl (C=O) groups excluding carboxylic acids is 1. The lowest BCUT2D eigenvalue weighted by Gasteiger charge is -2.13. The first-order valence-electron chi connectivity index (χ1n) is 9.52. The van der Waals surface area contributed by atoms with Crippen molar-refractivity contribution in [2.24, 2.45) is 0 Å². The molecule has 1 heterocycles. The average Bonchev–Trinajstić information content (AvgIpc) is 3.12. The number of nitrogens with one attached hydrogen (secondary N) is 1. The molecule has 0 aliphatic heterocycles. The van der Waals surface area contributed by atoms with Gasteiger partial charge >= 0.3 is 0 Å². The lowest BCUT2D eigenvalue weighted by molar-refractivity contribution is -0.115. The van der Waals surface area contributed by atoms with Gasteiger partial charge in [0.1, 0.15) is 11.6 Å². The molecular weight excluding hydrogens is 403 g/mol. The fourth-order valence-electron chi connectivity index (χ4n) is 2.77. The minimum atomic E-state index is -0.446. The molecule has 1 aromatic heterocycles. The van der Waals surface area contributed by atoms with Crippen LogP contribution in [0.1, 0.15) is 13.8 Å². The normalized spacial score (nSPS) is 11.7. The van der Waals surface area contributed by atoms with Crippen LogP contribution in [0, 0.1) is 5.82 Å². The second-order valence-electron chi connectivity index (χ2n) is 6.39. The molecule has 0 fully saturated rings. The van der Waals surface area contributed by atoms with Crippen LogP contribution in [0.4, 0.5) is 10.1 Å². The van der Waals surface area contributed by atoms with Gasteiger partial charge in [-0.05, 0) is 50.2 Å². The topological polar surface area (TPSA) is 69.0 Å². The first-order valence-corrected chi connectivity index (χ1v) is 10.4. The number of nitrogens with zero attached hydrogens (tertiary/aromatic N) is 3. The third-order valence-electron chi connectivity index (χ3n) is 4.23. The Hall–Kier alpha value is -3.13. The van der Waals surface area contributed by atoms with Crippen molar-refractivity contribution in [2.75, 3.05) is 11.9 Å². The van der Waals surface area contributed by atoms with E-state index in [2.05, 4.69) is 22.1 Å². The predicted molar refractivity (Wildman–Crippen MR) is 117 cm³/mol. The van der Waals surface area contributed by atoms with Gasteiger partial charge in [0.15, 0.2) is 11.0 Å². The number of amides is 1. The highest BCUT2D eigenvalue weighted by molar-refractivity contribution is 8.00. The summed E-state index contributed by atoms with van der Waals surface area (Å²) in [7, 11) is 0. The Morgan fingerprint density at radius 1 is 1.27 bits per heavy atom. The zero-order valence-corrected chi connectivity index (χ0v) is 17.7. The van der Waals surface area contributed by atoms with Crippen molar-refractivity contribution in [2.45, 2.75) is 30.8 Å². The van der Waals surface area contributed by atoms with Crippen molar-refractivity contribution in [3.63, 3.8) is 0 Å². The number of aromatic nitrogens is 3. The van der Waals surface area contributed by atoms with Gasteiger partial charge in [0, 0.05) is 12.2 Å². The number of allylic oxidation sites excluding steroid dienone is 1. The quantitative estimate of drug-likeness (QED) is 0.394. The van der Waals surface area contributed by atoms with Crippen LogP contribution in [0.25, 0.3) is 11.4 Å². The summed E-state index contributed by atoms with van der Waals surface area (Å²) in [6, 6.07) is 13.6. The molecule has 0 saturated heterocycles. The van der Waals surface area contributed by atoms with E-state index in [1.54, 1.807) is 60.0 Å². The maximum atomic E-state index is 14.2. The van der Waals surface area contributed by atoms with Crippen LogP contribution in [-0.2, 0) is 11.3 Å². The molecule has 0 aliphatic rings. The van der Waals surface area contributed by atoms with E-state index in [4.69, 9.17) is 4.74 Å². The summed E-state index contributed by atoms with van der Waals surface area (Å²) >= 11 is 1.25. The van der Waals surface area contributed by atoms with Crippen molar-refractivity contribution < 1.29 is 13.9 Å². The predicted octanol–water partition coefficient (Wildman–Crippen LogP) is 4.79. The van der Waals surface area contributed by atoms with Crippen molar-refractivity contribution in [3.8, 4) is 17.1 Å². The van der Waals surface area contributed by atoms with E-state index in [1.807, 2.05) is 6.92 Å². The van der Waals surface area contributed by atoms with E-state index >= 15 is 0 Å². The SMILES string of the molecule is C=CCn1c(SC(C)C(=O)Nc2ccc(OCC)cc2)nnc1-c1ccccc1F. The number of anilines is 1. The second kappa shape index (κ2) is 10.1. The fraction of sp³-hybridized carbons (Fsp3) is 0.227. The van der Waals surface area contributed by atoms with Crippen molar-refractivity contribution in [1.82, 2.24) is 14.8 Å². The number of rotatable bonds is 9. The van der Waals surface area contributed by atoms with Crippen molar-refractivity contribution >= 4 is 23.4 Å². The van der Waals surface area contributed by atoms with Crippen LogP contribution in [0.15, 0.2) is 66.3 Å². The van der Waals surface area contributed by atoms with Gasteiger partial charge in [-0.15, -0.1) is 16.8 Å². The molecule has 1 amide bonds.